The number of unbranched alkanes of at least 4 members (excludes halogenated alkanes) is 4. The Morgan fingerprint density at radius 2 is 1.94 bits per heavy atom. The fraction of sp³-hybridized carbons (Fsp3) is 0.714. The largest absolute Gasteiger partial charge is 0.299 e. The van der Waals surface area contributed by atoms with E-state index in [0.717, 1.165) is 24.1 Å². The van der Waals surface area contributed by atoms with Crippen molar-refractivity contribution in [3.63, 3.8) is 0 Å². The van der Waals surface area contributed by atoms with E-state index in [-0.39, 0.29) is 5.78 Å². The van der Waals surface area contributed by atoms with E-state index in [2.05, 4.69) is 12.0 Å². The van der Waals surface area contributed by atoms with Crippen LogP contribution in [0.15, 0.2) is 0 Å². The summed E-state index contributed by atoms with van der Waals surface area (Å²) in [6.45, 7) is 4.09. The van der Waals surface area contributed by atoms with Crippen molar-refractivity contribution < 1.29 is 4.79 Å². The van der Waals surface area contributed by atoms with Crippen molar-refractivity contribution in [3.05, 3.63) is 16.4 Å². The van der Waals surface area contributed by atoms with Crippen LogP contribution in [0.4, 0.5) is 0 Å². The molecule has 0 amide bonds. The second-order valence-corrected chi connectivity index (χ2v) is 5.22. The van der Waals surface area contributed by atoms with Crippen LogP contribution in [-0.2, 0) is 18.3 Å². The van der Waals surface area contributed by atoms with E-state index in [9.17, 15) is 4.79 Å². The second-order valence-electron chi connectivity index (χ2n) is 4.86. The van der Waals surface area contributed by atoms with Gasteiger partial charge < -0.3 is 0 Å². The molecule has 0 atom stereocenters. The second kappa shape index (κ2) is 7.57. The van der Waals surface area contributed by atoms with E-state index in [1.165, 1.54) is 19.3 Å². The maximum Gasteiger partial charge on any atom is 0.137 e. The van der Waals surface area contributed by atoms with Gasteiger partial charge in [0.2, 0.25) is 0 Å². The molecular formula is C14H23ClN2O. The number of halogens is 1. The number of ketones is 1. The summed E-state index contributed by atoms with van der Waals surface area (Å²) in [7, 11) is 1.80. The summed E-state index contributed by atoms with van der Waals surface area (Å²) in [6, 6.07) is 0. The van der Waals surface area contributed by atoms with Crippen molar-refractivity contribution in [1.82, 2.24) is 9.78 Å². The number of aromatic nitrogens is 2. The Kier molecular flexibility index (Phi) is 6.41. The number of rotatable bonds is 8. The van der Waals surface area contributed by atoms with E-state index in [1.54, 1.807) is 11.7 Å². The zero-order chi connectivity index (χ0) is 13.5. The molecule has 0 saturated carbocycles. The van der Waals surface area contributed by atoms with Gasteiger partial charge in [-0.05, 0) is 13.3 Å². The van der Waals surface area contributed by atoms with Gasteiger partial charge in [-0.15, -0.1) is 0 Å². The van der Waals surface area contributed by atoms with Gasteiger partial charge in [-0.25, -0.2) is 0 Å². The van der Waals surface area contributed by atoms with Crippen molar-refractivity contribution in [2.75, 3.05) is 0 Å². The van der Waals surface area contributed by atoms with Crippen LogP contribution in [0.3, 0.4) is 0 Å². The summed E-state index contributed by atoms with van der Waals surface area (Å²) in [5, 5.41) is 4.81. The Morgan fingerprint density at radius 3 is 2.50 bits per heavy atom. The van der Waals surface area contributed by atoms with Gasteiger partial charge in [-0.3, -0.25) is 9.48 Å². The summed E-state index contributed by atoms with van der Waals surface area (Å²) >= 11 is 6.11. The van der Waals surface area contributed by atoms with Gasteiger partial charge in [-0.1, -0.05) is 44.2 Å². The molecule has 0 unspecified atom stereocenters. The molecule has 0 fully saturated rings. The van der Waals surface area contributed by atoms with E-state index < -0.39 is 0 Å². The van der Waals surface area contributed by atoms with Gasteiger partial charge in [0.15, 0.2) is 0 Å². The zero-order valence-electron chi connectivity index (χ0n) is 11.6. The number of carbonyl (C=O) groups is 1. The summed E-state index contributed by atoms with van der Waals surface area (Å²) in [5.41, 5.74) is 1.75. The summed E-state index contributed by atoms with van der Waals surface area (Å²) < 4.78 is 1.63. The third-order valence-electron chi connectivity index (χ3n) is 3.20. The van der Waals surface area contributed by atoms with Crippen molar-refractivity contribution >= 4 is 17.4 Å². The minimum atomic E-state index is 0.268. The molecule has 3 nitrogen and oxygen atoms in total. The number of nitrogens with zero attached hydrogens (tertiary/aromatic N) is 2. The van der Waals surface area contributed by atoms with E-state index in [4.69, 9.17) is 11.6 Å². The summed E-state index contributed by atoms with van der Waals surface area (Å²) in [5.74, 6) is 0.268. The van der Waals surface area contributed by atoms with Gasteiger partial charge in [-0.2, -0.15) is 5.10 Å². The van der Waals surface area contributed by atoms with Gasteiger partial charge in [0.05, 0.1) is 5.69 Å². The predicted molar refractivity (Wildman–Crippen MR) is 75.0 cm³/mol. The molecule has 0 N–H and O–H groups in total. The smallest absolute Gasteiger partial charge is 0.137 e. The Bertz CT molecular complexity index is 399. The molecular weight excluding hydrogens is 248 g/mol. The Balaban J connectivity index is 2.36. The lowest BCUT2D eigenvalue weighted by atomic mass is 10.0. The standard InChI is InChI=1S/C14H23ClN2O/c1-4-5-6-7-8-9-12(18)10-13-11(2)16-17(3)14(13)15/h4-10H2,1-3H3. The molecule has 1 aromatic rings. The van der Waals surface area contributed by atoms with E-state index >= 15 is 0 Å². The van der Waals surface area contributed by atoms with Crippen LogP contribution in [0.5, 0.6) is 0 Å². The Hall–Kier alpha value is -0.830. The fourth-order valence-corrected chi connectivity index (χ4v) is 2.33. The number of carbonyl (C=O) groups excluding carboxylic acids is 1. The highest BCUT2D eigenvalue weighted by molar-refractivity contribution is 6.30. The van der Waals surface area contributed by atoms with Crippen molar-refractivity contribution in [3.8, 4) is 0 Å². The molecule has 102 valence electrons. The first-order valence-corrected chi connectivity index (χ1v) is 7.13. The highest BCUT2D eigenvalue weighted by Gasteiger charge is 2.14. The van der Waals surface area contributed by atoms with Gasteiger partial charge >= 0.3 is 0 Å². The molecule has 0 bridgehead atoms. The number of hydrogen-bond acceptors (Lipinski definition) is 2. The third-order valence-corrected chi connectivity index (χ3v) is 3.68. The normalized spacial score (nSPS) is 10.9. The van der Waals surface area contributed by atoms with Gasteiger partial charge in [0.1, 0.15) is 10.9 Å². The molecule has 1 heterocycles. The number of hydrogen-bond donors (Lipinski definition) is 0. The summed E-state index contributed by atoms with van der Waals surface area (Å²) in [4.78, 5) is 11.9. The molecule has 0 aliphatic rings. The average molecular weight is 271 g/mol. The number of Topliss-reactive ketones (excluding diaryl/α,β-unsaturated/α-hetero) is 1. The topological polar surface area (TPSA) is 34.9 Å². The molecule has 18 heavy (non-hydrogen) atoms. The molecule has 0 spiro atoms. The minimum absolute atomic E-state index is 0.268. The fourth-order valence-electron chi connectivity index (χ4n) is 2.09. The quantitative estimate of drug-likeness (QED) is 0.673. The summed E-state index contributed by atoms with van der Waals surface area (Å²) in [6.07, 6.45) is 6.96. The van der Waals surface area contributed by atoms with Crippen LogP contribution in [0.25, 0.3) is 0 Å². The highest BCUT2D eigenvalue weighted by Crippen LogP contribution is 2.20. The van der Waals surface area contributed by atoms with Crippen LogP contribution < -0.4 is 0 Å². The average Bonchev–Trinajstić information content (AvgIpc) is 2.56. The van der Waals surface area contributed by atoms with Crippen molar-refractivity contribution in [2.45, 2.75) is 58.8 Å². The first kappa shape index (κ1) is 15.2. The lowest BCUT2D eigenvalue weighted by Crippen LogP contribution is -2.03. The first-order valence-electron chi connectivity index (χ1n) is 6.76. The Morgan fingerprint density at radius 1 is 1.28 bits per heavy atom. The highest BCUT2D eigenvalue weighted by atomic mass is 35.5. The molecule has 0 saturated heterocycles. The molecule has 1 rings (SSSR count). The van der Waals surface area contributed by atoms with Crippen molar-refractivity contribution in [1.29, 1.82) is 0 Å². The molecule has 0 aromatic carbocycles. The van der Waals surface area contributed by atoms with Crippen LogP contribution >= 0.6 is 11.6 Å². The van der Waals surface area contributed by atoms with Crippen LogP contribution in [0.1, 0.15) is 56.7 Å². The van der Waals surface area contributed by atoms with Gasteiger partial charge in [0, 0.05) is 25.5 Å². The molecule has 0 radical (unpaired) electrons. The van der Waals surface area contributed by atoms with Crippen molar-refractivity contribution in [2.24, 2.45) is 7.05 Å². The molecule has 0 aliphatic carbocycles. The predicted octanol–water partition coefficient (Wildman–Crippen LogP) is 3.85. The Labute approximate surface area is 115 Å². The maximum absolute atomic E-state index is 11.9. The number of aryl methyl sites for hydroxylation is 2. The van der Waals surface area contributed by atoms with E-state index in [1.807, 2.05) is 6.92 Å². The molecule has 1 aromatic heterocycles. The van der Waals surface area contributed by atoms with Crippen LogP contribution in [0, 0.1) is 6.92 Å². The van der Waals surface area contributed by atoms with Crippen LogP contribution in [0.2, 0.25) is 5.15 Å². The maximum atomic E-state index is 11.9. The van der Waals surface area contributed by atoms with E-state index in [0.29, 0.717) is 18.0 Å². The zero-order valence-corrected chi connectivity index (χ0v) is 12.4. The third kappa shape index (κ3) is 4.45. The lowest BCUT2D eigenvalue weighted by Gasteiger charge is -2.01. The lowest BCUT2D eigenvalue weighted by molar-refractivity contribution is -0.118. The van der Waals surface area contributed by atoms with Gasteiger partial charge in [0.25, 0.3) is 0 Å². The van der Waals surface area contributed by atoms with Crippen LogP contribution in [-0.4, -0.2) is 15.6 Å². The molecule has 0 aliphatic heterocycles. The SMILES string of the molecule is CCCCCCCC(=O)Cc1c(C)nn(C)c1Cl. The minimum Gasteiger partial charge on any atom is -0.299 e. The first-order chi connectivity index (χ1) is 8.56. The monoisotopic (exact) mass is 270 g/mol. The molecule has 4 heteroatoms.